The van der Waals surface area contributed by atoms with E-state index in [4.69, 9.17) is 29.4 Å². The van der Waals surface area contributed by atoms with Gasteiger partial charge in [0.25, 0.3) is 5.56 Å². The molecular formula is C115H143FN18O12S4. The van der Waals surface area contributed by atoms with Gasteiger partial charge in [-0.25, -0.2) is 29.1 Å². The van der Waals surface area contributed by atoms with Crippen molar-refractivity contribution in [3.05, 3.63) is 203 Å². The molecule has 5 saturated heterocycles. The number of carbonyl (C=O) groups excluding carboxylic acids is 9. The van der Waals surface area contributed by atoms with Crippen molar-refractivity contribution in [1.82, 2.24) is 91.6 Å². The van der Waals surface area contributed by atoms with E-state index in [1.807, 2.05) is 168 Å². The van der Waals surface area contributed by atoms with E-state index in [1.165, 1.54) is 37.4 Å². The van der Waals surface area contributed by atoms with Gasteiger partial charge in [-0.15, -0.1) is 45.3 Å². The molecule has 7 aliphatic rings. The molecule has 7 fully saturated rings. The van der Waals surface area contributed by atoms with Crippen LogP contribution in [0.25, 0.3) is 88.2 Å². The molecule has 35 heteroatoms. The van der Waals surface area contributed by atoms with E-state index in [0.29, 0.717) is 55.7 Å². The number of hydrogen-bond donors (Lipinski definition) is 8. The fraction of sp³-hybridized carbons (Fsp3) is 0.487. The number of para-hydroxylation sites is 1. The van der Waals surface area contributed by atoms with Gasteiger partial charge in [0.05, 0.1) is 89.3 Å². The summed E-state index contributed by atoms with van der Waals surface area (Å²) >= 11 is 6.26. The first-order chi connectivity index (χ1) is 72.6. The Balaban J connectivity index is 0.000000143. The Bertz CT molecular complexity index is 6850. The number of pyridine rings is 2. The molecular weight excluding hydrogens is 1970 g/mol. The minimum absolute atomic E-state index is 0.00851. The quantitative estimate of drug-likeness (QED) is 0.0194. The van der Waals surface area contributed by atoms with E-state index in [1.54, 1.807) is 106 Å². The summed E-state index contributed by atoms with van der Waals surface area (Å²) in [6.07, 6.45) is 21.8. The number of nitrogens with zero attached hydrogens (tertiary/aromatic N) is 10. The van der Waals surface area contributed by atoms with Gasteiger partial charge in [0.1, 0.15) is 50.0 Å². The zero-order valence-electron chi connectivity index (χ0n) is 88.2. The number of fused-ring (bicyclic) bond motifs is 4. The summed E-state index contributed by atoms with van der Waals surface area (Å²) in [5.41, 5.74) is 9.55. The Morgan fingerprint density at radius 1 is 0.407 bits per heavy atom. The second kappa shape index (κ2) is 51.4. The SMILES string of the molecule is CC[C@H](C)[C@H](NC(=O)[C@H](C)NC)C(=O)N1CCC[C@H]1c1nc(-c2ccc(F)c3ccccc23)cs1.CN[C@@H](C)C(=O)N[C@H](C(=O)N1CCC[C@H]1c1nc(-c2cc(C)nc3ccccc23)cs1)C1CCCCC1.CN[C@@H](C)C(=O)N[C@H](C(=O)N1CCC[C@H]1c1nc(-c2ccc(C(=O)OC)c3ccccc23)cs1)C1CCOCC1.CN[C@@H](C)C(=O)N[C@H](C(=O)N1CCC[C@H]1c1nc(-c2cn(C)c(=O)c3ccccc23)cs1)C1CCCCC1. The molecule has 2 aliphatic carbocycles. The number of rotatable bonds is 30. The third kappa shape index (κ3) is 25.1. The lowest BCUT2D eigenvalue weighted by Crippen LogP contribution is -2.56. The highest BCUT2D eigenvalue weighted by Gasteiger charge is 2.46. The molecule has 0 unspecified atom stereocenters. The number of halogens is 1. The molecule has 0 radical (unpaired) electrons. The number of amides is 8. The second-order valence-corrected chi connectivity index (χ2v) is 44.4. The number of thiazole rings is 4. The van der Waals surface area contributed by atoms with Gasteiger partial charge < -0.3 is 76.2 Å². The summed E-state index contributed by atoms with van der Waals surface area (Å²) in [4.78, 5) is 164. The lowest BCUT2D eigenvalue weighted by molar-refractivity contribution is -0.140. The minimum atomic E-state index is -0.595. The minimum Gasteiger partial charge on any atom is -0.465 e. The molecule has 2 saturated carbocycles. The highest BCUT2D eigenvalue weighted by atomic mass is 32.1. The Labute approximate surface area is 893 Å². The smallest absolute Gasteiger partial charge is 0.338 e. The number of benzene rings is 6. The molecule has 8 amide bonds. The molecule has 6 aromatic carbocycles. The Kier molecular flexibility index (Phi) is 37.9. The number of aromatic nitrogens is 6. The first-order valence-electron chi connectivity index (χ1n) is 53.4. The number of carbonyl (C=O) groups is 9. The number of likely N-dealkylation sites (N-methyl/N-ethyl adjacent to an activating group) is 4. The molecule has 6 aromatic heterocycles. The largest absolute Gasteiger partial charge is 0.465 e. The van der Waals surface area contributed by atoms with E-state index >= 15 is 0 Å². The number of methoxy groups -OCH3 is 1. The molecule has 5 aliphatic heterocycles. The summed E-state index contributed by atoms with van der Waals surface area (Å²) in [6.45, 7) is 17.1. The highest BCUT2D eigenvalue weighted by Crippen LogP contribution is 2.46. The van der Waals surface area contributed by atoms with Crippen molar-refractivity contribution in [2.75, 3.05) is 74.7 Å². The highest BCUT2D eigenvalue weighted by molar-refractivity contribution is 7.11. The standard InChI is InChI=1S/C30H36N4O5S.C29H37N5O3S.C29H37N5O2S.C27H33FN4O2S/c1-18(31-2)27(35)33-26(19-12-15-39-16-13-19)29(36)34-14-6-9-25(34)28-32-24(17-40-28)22-10-11-23(30(37)38-3)21-8-5-4-7-20(21)22;1-18(30-2)26(35)32-25(19-10-5-4-6-11-19)29(37)34-15-9-14-24(34)27-31-23(17-38-27)22-16-33(3)28(36)21-13-8-7-12-20(21)22;1-18-16-22(21-12-7-8-13-23(21)31-18)24-17-37-28(32-24)25-14-9-15-34(25)29(36)26(20-10-5-4-6-11-20)33-27(35)19(2)30-3;1-5-16(2)24(31-25(33)17(3)29-4)27(34)32-14-8-11-23(32)26-30-22(15-35-26)20-12-13-21(28)19-10-7-6-9-18(19)20/h4-5,7-8,10-11,17-19,25-26,31H,6,9,12-16H2,1-3H3,(H,33,35);7-8,12-13,16-19,24-25,30H,4-6,9-11,14-15H2,1-3H3,(H,32,35);7-8,12-13,16-17,19-20,25-26,30H,4-6,9-11,14-15H2,1-3H3,(H,33,35);6-7,9-10,12-13,15-17,23-24,29H,5,8,11,14H2,1-4H3,(H,31,33)/t18-,25-,26-;18-,24-,25-;19-,25-,26-;16-,17-,23-,24-/m0000/s1. The van der Waals surface area contributed by atoms with Gasteiger partial charge in [-0.05, 0) is 234 Å². The molecule has 13 atom stereocenters. The van der Waals surface area contributed by atoms with Gasteiger partial charge in [-0.3, -0.25) is 48.1 Å². The maximum atomic E-state index is 14.3. The molecule has 0 bridgehead atoms. The van der Waals surface area contributed by atoms with Crippen molar-refractivity contribution >= 4 is 142 Å². The number of aryl methyl sites for hydroxylation is 2. The molecule has 19 rings (SSSR count). The maximum Gasteiger partial charge on any atom is 0.338 e. The number of esters is 1. The molecule has 796 valence electrons. The summed E-state index contributed by atoms with van der Waals surface area (Å²) in [5, 5.41) is 41.7. The van der Waals surface area contributed by atoms with Gasteiger partial charge in [-0.1, -0.05) is 150 Å². The maximum absolute atomic E-state index is 14.3. The average molecular weight is 2120 g/mol. The summed E-state index contributed by atoms with van der Waals surface area (Å²) in [7, 11) is 10.1. The Hall–Kier alpha value is -12.1. The summed E-state index contributed by atoms with van der Waals surface area (Å²) in [5.74, 6) is -0.881. The van der Waals surface area contributed by atoms with Crippen LogP contribution in [0.15, 0.2) is 160 Å². The zero-order chi connectivity index (χ0) is 106. The van der Waals surface area contributed by atoms with E-state index in [0.717, 1.165) is 225 Å². The van der Waals surface area contributed by atoms with Crippen LogP contribution in [0, 0.1) is 36.4 Å². The van der Waals surface area contributed by atoms with Crippen molar-refractivity contribution in [2.24, 2.45) is 30.7 Å². The van der Waals surface area contributed by atoms with E-state index in [-0.39, 0.29) is 131 Å². The Morgan fingerprint density at radius 3 is 1.18 bits per heavy atom. The van der Waals surface area contributed by atoms with Crippen LogP contribution in [0.3, 0.4) is 0 Å². The zero-order valence-corrected chi connectivity index (χ0v) is 91.5. The van der Waals surface area contributed by atoms with E-state index in [9.17, 15) is 52.3 Å². The fourth-order valence-electron chi connectivity index (χ4n) is 22.0. The van der Waals surface area contributed by atoms with Gasteiger partial charge in [0.2, 0.25) is 47.3 Å². The second-order valence-electron chi connectivity index (χ2n) is 40.8. The van der Waals surface area contributed by atoms with Crippen LogP contribution in [0.5, 0.6) is 0 Å². The molecule has 150 heavy (non-hydrogen) atoms. The third-order valence-electron chi connectivity index (χ3n) is 31.4. The molecule has 12 aromatic rings. The van der Waals surface area contributed by atoms with Crippen LogP contribution < -0.4 is 48.1 Å². The van der Waals surface area contributed by atoms with Crippen LogP contribution in [-0.4, -0.2) is 225 Å². The summed E-state index contributed by atoms with van der Waals surface area (Å²) < 4.78 is 26.4. The predicted octanol–water partition coefficient (Wildman–Crippen LogP) is 17.8. The normalized spacial score (nSPS) is 19.5. The number of hydrogen-bond acceptors (Lipinski definition) is 25. The number of ether oxygens (including phenoxy) is 2. The van der Waals surface area contributed by atoms with Crippen molar-refractivity contribution < 1.29 is 57.0 Å². The van der Waals surface area contributed by atoms with Gasteiger partial charge in [-0.2, -0.15) is 0 Å². The van der Waals surface area contributed by atoms with E-state index in [2.05, 4.69) is 65.0 Å². The van der Waals surface area contributed by atoms with E-state index < -0.39 is 30.2 Å². The monoisotopic (exact) mass is 2110 g/mol. The first-order valence-corrected chi connectivity index (χ1v) is 56.9. The fourth-order valence-corrected chi connectivity index (χ4v) is 25.9. The lowest BCUT2D eigenvalue weighted by atomic mass is 9.83. The van der Waals surface area contributed by atoms with Crippen molar-refractivity contribution in [2.45, 2.75) is 256 Å². The molecule has 11 heterocycles. The van der Waals surface area contributed by atoms with Gasteiger partial charge in [0, 0.05) is 118 Å². The summed E-state index contributed by atoms with van der Waals surface area (Å²) in [6, 6.07) is 35.9. The topological polar surface area (TPSA) is 368 Å². The van der Waals surface area contributed by atoms with Crippen LogP contribution in [-0.2, 0) is 54.9 Å². The third-order valence-corrected chi connectivity index (χ3v) is 35.1. The van der Waals surface area contributed by atoms with Crippen molar-refractivity contribution in [1.29, 1.82) is 0 Å². The van der Waals surface area contributed by atoms with Crippen LogP contribution in [0.2, 0.25) is 0 Å². The van der Waals surface area contributed by atoms with Crippen LogP contribution in [0.1, 0.15) is 237 Å². The average Bonchev–Trinajstić information content (AvgIpc) is 1.57. The number of likely N-dealkylation sites (tertiary alicyclic amines) is 4. The van der Waals surface area contributed by atoms with Gasteiger partial charge >= 0.3 is 5.97 Å². The van der Waals surface area contributed by atoms with Crippen molar-refractivity contribution in [3.63, 3.8) is 0 Å². The molecule has 0 spiro atoms. The lowest BCUT2D eigenvalue weighted by Gasteiger charge is -2.35. The first kappa shape index (κ1) is 111. The molecule has 8 N–H and O–H groups in total. The molecule has 30 nitrogen and oxygen atoms in total. The van der Waals surface area contributed by atoms with Gasteiger partial charge in [0.15, 0.2) is 0 Å². The van der Waals surface area contributed by atoms with Crippen LogP contribution >= 0.6 is 45.3 Å². The Morgan fingerprint density at radius 2 is 0.760 bits per heavy atom. The number of nitrogens with one attached hydrogen (secondary N) is 8. The van der Waals surface area contributed by atoms with Crippen molar-refractivity contribution in [3.8, 4) is 45.0 Å². The van der Waals surface area contributed by atoms with Crippen LogP contribution in [0.4, 0.5) is 4.39 Å². The predicted molar refractivity (Wildman–Crippen MR) is 592 cm³/mol.